The summed E-state index contributed by atoms with van der Waals surface area (Å²) in [6, 6.07) is 0. The number of hydrogen-bond acceptors (Lipinski definition) is 7. The Morgan fingerprint density at radius 2 is 1.69 bits per heavy atom. The Morgan fingerprint density at radius 1 is 1.12 bits per heavy atom. The lowest BCUT2D eigenvalue weighted by molar-refractivity contribution is -0.183. The Balaban J connectivity index is 2.45. The molecule has 0 bridgehead atoms. The summed E-state index contributed by atoms with van der Waals surface area (Å²) < 4.78 is 36.6. The van der Waals surface area contributed by atoms with E-state index in [1.165, 1.54) is 28.4 Å². The van der Waals surface area contributed by atoms with Crippen LogP contribution in [0, 0.1) is 0 Å². The highest BCUT2D eigenvalue weighted by Crippen LogP contribution is 2.17. The summed E-state index contributed by atoms with van der Waals surface area (Å²) in [5, 5.41) is 0. The van der Waals surface area contributed by atoms with Crippen LogP contribution in [0.25, 0.3) is 0 Å². The highest BCUT2D eigenvalue weighted by Gasteiger charge is 2.46. The van der Waals surface area contributed by atoms with E-state index in [0.717, 1.165) is 6.42 Å². The second kappa shape index (κ2) is 6.78. The van der Waals surface area contributed by atoms with Gasteiger partial charge in [-0.15, -0.1) is 0 Å². The Labute approximate surface area is 97.9 Å². The Kier molecular flexibility index (Phi) is 6.03. The highest BCUT2D eigenvalue weighted by atomic mass is 28.5. The molecule has 0 saturated carbocycles. The van der Waals surface area contributed by atoms with E-state index in [1.54, 1.807) is 0 Å². The molecule has 0 aromatic heterocycles. The van der Waals surface area contributed by atoms with Gasteiger partial charge in [-0.25, -0.2) is 0 Å². The fourth-order valence-electron chi connectivity index (χ4n) is 1.09. The van der Waals surface area contributed by atoms with E-state index in [1.807, 2.05) is 0 Å². The lowest BCUT2D eigenvalue weighted by atomic mass is 10.4. The average Bonchev–Trinajstić information content (AvgIpc) is 2.28. The first-order valence-corrected chi connectivity index (χ1v) is 7.87. The number of ether oxygens (including phenoxy) is 1. The maximum Gasteiger partial charge on any atom is 0.671 e. The summed E-state index contributed by atoms with van der Waals surface area (Å²) in [6.45, 7) is 0.705. The van der Waals surface area contributed by atoms with Gasteiger partial charge in [0.1, 0.15) is 0 Å². The van der Waals surface area contributed by atoms with Crippen molar-refractivity contribution in [3.63, 3.8) is 0 Å². The van der Waals surface area contributed by atoms with Gasteiger partial charge in [0.2, 0.25) is 0 Å². The zero-order chi connectivity index (χ0) is 12.0. The summed E-state index contributed by atoms with van der Waals surface area (Å²) in [5.41, 5.74) is 0. The van der Waals surface area contributed by atoms with Gasteiger partial charge in [-0.1, -0.05) is 0 Å². The third-order valence-corrected chi connectivity index (χ3v) is 6.44. The van der Waals surface area contributed by atoms with Gasteiger partial charge < -0.3 is 31.0 Å². The molecule has 0 aromatic carbocycles. The van der Waals surface area contributed by atoms with Crippen molar-refractivity contribution in [2.24, 2.45) is 0 Å². The van der Waals surface area contributed by atoms with Gasteiger partial charge in [-0.2, -0.15) is 0 Å². The Hall–Kier alpha value is 0.154. The van der Waals surface area contributed by atoms with Gasteiger partial charge in [-0.05, 0) is 0 Å². The molecule has 0 amide bonds. The minimum Gasteiger partial charge on any atom is -0.380 e. The fourth-order valence-corrected chi connectivity index (χ4v) is 4.87. The van der Waals surface area contributed by atoms with Crippen molar-refractivity contribution in [3.8, 4) is 0 Å². The second-order valence-electron chi connectivity index (χ2n) is 2.98. The minimum absolute atomic E-state index is 0.242. The molecule has 1 saturated heterocycles. The summed E-state index contributed by atoms with van der Waals surface area (Å²) in [6.07, 6.45) is 0.603. The highest BCUT2D eigenvalue weighted by molar-refractivity contribution is 6.62. The van der Waals surface area contributed by atoms with Crippen LogP contribution in [0.4, 0.5) is 0 Å². The van der Waals surface area contributed by atoms with Crippen molar-refractivity contribution in [2.75, 3.05) is 35.0 Å². The zero-order valence-electron chi connectivity index (χ0n) is 9.93. The smallest absolute Gasteiger partial charge is 0.380 e. The van der Waals surface area contributed by atoms with Crippen LogP contribution in [0.1, 0.15) is 6.42 Å². The monoisotopic (exact) mass is 270 g/mol. The van der Waals surface area contributed by atoms with E-state index in [2.05, 4.69) is 0 Å². The molecule has 1 rings (SSSR count). The summed E-state index contributed by atoms with van der Waals surface area (Å²) in [4.78, 5) is 0. The second-order valence-corrected chi connectivity index (χ2v) is 7.47. The largest absolute Gasteiger partial charge is 0.671 e. The first kappa shape index (κ1) is 14.2. The van der Waals surface area contributed by atoms with Crippen LogP contribution in [0.2, 0.25) is 0 Å². The molecule has 1 aliphatic rings. The third kappa shape index (κ3) is 3.58. The van der Waals surface area contributed by atoms with Gasteiger partial charge in [-0.3, -0.25) is 0 Å². The van der Waals surface area contributed by atoms with Crippen LogP contribution >= 0.6 is 0 Å². The molecule has 1 fully saturated rings. The van der Waals surface area contributed by atoms with E-state index in [4.69, 9.17) is 31.0 Å². The van der Waals surface area contributed by atoms with E-state index >= 15 is 0 Å². The molecule has 2 atom stereocenters. The van der Waals surface area contributed by atoms with Crippen molar-refractivity contribution in [2.45, 2.75) is 12.7 Å². The molecular weight excluding hydrogens is 252 g/mol. The first-order chi connectivity index (χ1) is 7.69. The van der Waals surface area contributed by atoms with Crippen molar-refractivity contribution < 1.29 is 31.0 Å². The quantitative estimate of drug-likeness (QED) is 0.551. The SMILES string of the molecule is CO[SiH](OC1CCO1)O[Si](OC)(OC)OC. The van der Waals surface area contributed by atoms with Gasteiger partial charge in [0, 0.05) is 34.9 Å². The average molecular weight is 270 g/mol. The first-order valence-electron chi connectivity index (χ1n) is 4.82. The summed E-state index contributed by atoms with van der Waals surface area (Å²) in [5.74, 6) is 0. The molecule has 0 aromatic rings. The molecule has 1 heterocycles. The van der Waals surface area contributed by atoms with E-state index < -0.39 is 18.6 Å². The lowest BCUT2D eigenvalue weighted by Gasteiger charge is -2.32. The van der Waals surface area contributed by atoms with Crippen LogP contribution in [0.15, 0.2) is 0 Å². The van der Waals surface area contributed by atoms with E-state index in [-0.39, 0.29) is 6.29 Å². The normalized spacial score (nSPS) is 22.9. The van der Waals surface area contributed by atoms with Gasteiger partial charge in [0.05, 0.1) is 6.61 Å². The van der Waals surface area contributed by atoms with Crippen molar-refractivity contribution >= 4 is 18.6 Å². The van der Waals surface area contributed by atoms with E-state index in [9.17, 15) is 0 Å². The third-order valence-electron chi connectivity index (χ3n) is 2.10. The van der Waals surface area contributed by atoms with Crippen molar-refractivity contribution in [3.05, 3.63) is 0 Å². The molecule has 7 nitrogen and oxygen atoms in total. The van der Waals surface area contributed by atoms with Gasteiger partial charge in [0.15, 0.2) is 6.29 Å². The molecule has 9 heteroatoms. The van der Waals surface area contributed by atoms with Crippen molar-refractivity contribution in [1.29, 1.82) is 0 Å². The van der Waals surface area contributed by atoms with Crippen molar-refractivity contribution in [1.82, 2.24) is 0 Å². The van der Waals surface area contributed by atoms with Crippen LogP contribution in [0.5, 0.6) is 0 Å². The summed E-state index contributed by atoms with van der Waals surface area (Å²) >= 11 is 0. The molecule has 0 radical (unpaired) electrons. The van der Waals surface area contributed by atoms with Gasteiger partial charge in [0.25, 0.3) is 0 Å². The standard InChI is InChI=1S/C7H18O7Si2/c1-8-15(13-7-5-6-12-7)14-16(9-2,10-3)11-4/h7,15H,5-6H2,1-4H3. The van der Waals surface area contributed by atoms with Crippen LogP contribution < -0.4 is 0 Å². The Morgan fingerprint density at radius 3 is 2.00 bits per heavy atom. The minimum atomic E-state index is -3.10. The number of hydrogen-bond donors (Lipinski definition) is 0. The predicted molar refractivity (Wildman–Crippen MR) is 57.5 cm³/mol. The molecular formula is C7H18O7Si2. The van der Waals surface area contributed by atoms with E-state index in [0.29, 0.717) is 6.61 Å². The molecule has 2 unspecified atom stereocenters. The van der Waals surface area contributed by atoms with Crippen LogP contribution in [-0.4, -0.2) is 59.9 Å². The maximum absolute atomic E-state index is 5.53. The van der Waals surface area contributed by atoms with Gasteiger partial charge >= 0.3 is 18.6 Å². The lowest BCUT2D eigenvalue weighted by Crippen LogP contribution is -2.53. The molecule has 16 heavy (non-hydrogen) atoms. The fraction of sp³-hybridized carbons (Fsp3) is 1.00. The topological polar surface area (TPSA) is 64.6 Å². The Bertz CT molecular complexity index is 189. The van der Waals surface area contributed by atoms with Crippen LogP contribution in [0.3, 0.4) is 0 Å². The summed E-state index contributed by atoms with van der Waals surface area (Å²) in [7, 11) is 0.431. The molecule has 0 spiro atoms. The predicted octanol–water partition coefficient (Wildman–Crippen LogP) is -0.496. The molecule has 1 aliphatic heterocycles. The number of rotatable bonds is 8. The maximum atomic E-state index is 5.53. The molecule has 0 aliphatic carbocycles. The van der Waals surface area contributed by atoms with Crippen LogP contribution in [-0.2, 0) is 31.0 Å². The molecule has 0 N–H and O–H groups in total. The molecule has 96 valence electrons. The zero-order valence-corrected chi connectivity index (χ0v) is 12.1.